The second-order valence-electron chi connectivity index (χ2n) is 6.02. The molecule has 0 saturated carbocycles. The van der Waals surface area contributed by atoms with Gasteiger partial charge in [-0.25, -0.2) is 14.6 Å². The Morgan fingerprint density at radius 1 is 0.759 bits per heavy atom. The zero-order chi connectivity index (χ0) is 20.1. The van der Waals surface area contributed by atoms with Crippen molar-refractivity contribution in [2.24, 2.45) is 0 Å². The highest BCUT2D eigenvalue weighted by molar-refractivity contribution is 6.01. The predicted molar refractivity (Wildman–Crippen MR) is 106 cm³/mol. The normalized spacial score (nSPS) is 10.3. The van der Waals surface area contributed by atoms with Crippen molar-refractivity contribution in [3.8, 4) is 16.9 Å². The average molecular weight is 384 g/mol. The number of carbonyl (C=O) groups excluding carboxylic acids is 2. The van der Waals surface area contributed by atoms with E-state index in [-0.39, 0.29) is 5.82 Å². The fourth-order valence-electron chi connectivity index (χ4n) is 2.72. The smallest absolute Gasteiger partial charge is 0.267 e. The Bertz CT molecular complexity index is 1130. The van der Waals surface area contributed by atoms with Crippen LogP contribution in [0.1, 0.15) is 21.0 Å². The number of benzene rings is 2. The molecule has 2 aromatic heterocycles. The molecule has 142 valence electrons. The van der Waals surface area contributed by atoms with Gasteiger partial charge >= 0.3 is 5.91 Å². The molecule has 0 aliphatic carbocycles. The first-order chi connectivity index (χ1) is 14.2. The van der Waals surface area contributed by atoms with E-state index in [4.69, 9.17) is 0 Å². The third-order valence-corrected chi connectivity index (χ3v) is 4.09. The first kappa shape index (κ1) is 18.1. The van der Waals surface area contributed by atoms with E-state index in [1.54, 1.807) is 16.9 Å². The summed E-state index contributed by atoms with van der Waals surface area (Å²) < 4.78 is 1.62. The van der Waals surface area contributed by atoms with Crippen molar-refractivity contribution >= 4 is 11.8 Å². The van der Waals surface area contributed by atoms with E-state index in [9.17, 15) is 9.59 Å². The maximum atomic E-state index is 12.8. The van der Waals surface area contributed by atoms with Crippen LogP contribution in [0.3, 0.4) is 0 Å². The number of nitrogens with one attached hydrogen (secondary N) is 2. The van der Waals surface area contributed by atoms with Gasteiger partial charge in [0.25, 0.3) is 5.91 Å². The topological polar surface area (TPSA) is 102 Å². The Labute approximate surface area is 166 Å². The summed E-state index contributed by atoms with van der Waals surface area (Å²) in [6.45, 7) is 0. The largest absolute Gasteiger partial charge is 0.307 e. The van der Waals surface area contributed by atoms with Gasteiger partial charge in [0.2, 0.25) is 5.82 Å². The Balaban J connectivity index is 1.62. The molecule has 4 rings (SSSR count). The molecule has 0 aliphatic rings. The van der Waals surface area contributed by atoms with Crippen molar-refractivity contribution < 1.29 is 9.59 Å². The van der Waals surface area contributed by atoms with Gasteiger partial charge in [0.15, 0.2) is 0 Å². The van der Waals surface area contributed by atoms with Crippen LogP contribution in [-0.4, -0.2) is 31.6 Å². The van der Waals surface area contributed by atoms with Gasteiger partial charge in [-0.15, -0.1) is 0 Å². The first-order valence-corrected chi connectivity index (χ1v) is 8.80. The summed E-state index contributed by atoms with van der Waals surface area (Å²) in [7, 11) is 0. The van der Waals surface area contributed by atoms with Gasteiger partial charge in [-0.2, -0.15) is 5.10 Å². The summed E-state index contributed by atoms with van der Waals surface area (Å²) in [6, 6.07) is 20.4. The van der Waals surface area contributed by atoms with Crippen molar-refractivity contribution in [2.75, 3.05) is 0 Å². The molecule has 8 nitrogen and oxygen atoms in total. The van der Waals surface area contributed by atoms with Gasteiger partial charge in [0.1, 0.15) is 5.69 Å². The standard InChI is InChI=1S/C21H16N6O2/c28-20(24-25-21(29)19-22-12-7-13-23-19)17-14-27(16-10-5-2-6-11-16)26-18(17)15-8-3-1-4-9-15/h1-14H,(H,24,28)(H,25,29). The summed E-state index contributed by atoms with van der Waals surface area (Å²) in [6.07, 6.45) is 4.51. The highest BCUT2D eigenvalue weighted by Crippen LogP contribution is 2.23. The monoisotopic (exact) mass is 384 g/mol. The van der Waals surface area contributed by atoms with E-state index in [1.807, 2.05) is 60.7 Å². The Hall–Kier alpha value is -4.33. The van der Waals surface area contributed by atoms with Crippen LogP contribution in [0.5, 0.6) is 0 Å². The van der Waals surface area contributed by atoms with Crippen molar-refractivity contribution in [1.82, 2.24) is 30.6 Å². The molecule has 0 aliphatic heterocycles. The first-order valence-electron chi connectivity index (χ1n) is 8.80. The molecule has 29 heavy (non-hydrogen) atoms. The van der Waals surface area contributed by atoms with Crippen LogP contribution in [0.2, 0.25) is 0 Å². The van der Waals surface area contributed by atoms with Crippen LogP contribution < -0.4 is 10.9 Å². The zero-order valence-corrected chi connectivity index (χ0v) is 15.2. The maximum Gasteiger partial charge on any atom is 0.307 e. The average Bonchev–Trinajstić information content (AvgIpc) is 3.25. The molecular formula is C21H16N6O2. The lowest BCUT2D eigenvalue weighted by molar-refractivity contribution is 0.0841. The fraction of sp³-hybridized carbons (Fsp3) is 0. The summed E-state index contributed by atoms with van der Waals surface area (Å²) in [4.78, 5) is 32.6. The summed E-state index contributed by atoms with van der Waals surface area (Å²) in [5.41, 5.74) is 7.13. The SMILES string of the molecule is O=C(NNC(=O)c1cn(-c2ccccc2)nc1-c1ccccc1)c1ncccn1. The number of aromatic nitrogens is 4. The van der Waals surface area contributed by atoms with E-state index in [2.05, 4.69) is 25.9 Å². The molecule has 2 N–H and O–H groups in total. The molecule has 8 heteroatoms. The Morgan fingerprint density at radius 3 is 2.07 bits per heavy atom. The lowest BCUT2D eigenvalue weighted by atomic mass is 10.1. The number of hydrazine groups is 1. The third-order valence-electron chi connectivity index (χ3n) is 4.09. The quantitative estimate of drug-likeness (QED) is 0.526. The van der Waals surface area contributed by atoms with E-state index in [0.717, 1.165) is 11.3 Å². The fourth-order valence-corrected chi connectivity index (χ4v) is 2.72. The van der Waals surface area contributed by atoms with Crippen molar-refractivity contribution in [1.29, 1.82) is 0 Å². The lowest BCUT2D eigenvalue weighted by Crippen LogP contribution is -2.42. The number of carbonyl (C=O) groups is 2. The number of para-hydroxylation sites is 1. The molecule has 0 saturated heterocycles. The number of amides is 2. The molecule has 2 aromatic carbocycles. The van der Waals surface area contributed by atoms with Gasteiger partial charge < -0.3 is 0 Å². The van der Waals surface area contributed by atoms with Gasteiger partial charge in [-0.1, -0.05) is 48.5 Å². The number of rotatable bonds is 4. The summed E-state index contributed by atoms with van der Waals surface area (Å²) in [5.74, 6) is -1.16. The molecule has 2 heterocycles. The second kappa shape index (κ2) is 8.13. The molecule has 0 spiro atoms. The van der Waals surface area contributed by atoms with Crippen LogP contribution in [0, 0.1) is 0 Å². The van der Waals surface area contributed by atoms with Crippen LogP contribution in [0.25, 0.3) is 16.9 Å². The highest BCUT2D eigenvalue weighted by atomic mass is 16.2. The van der Waals surface area contributed by atoms with E-state index < -0.39 is 11.8 Å². The van der Waals surface area contributed by atoms with Crippen LogP contribution in [0.4, 0.5) is 0 Å². The van der Waals surface area contributed by atoms with E-state index in [1.165, 1.54) is 12.4 Å². The predicted octanol–water partition coefficient (Wildman–Crippen LogP) is 2.40. The lowest BCUT2D eigenvalue weighted by Gasteiger charge is -2.06. The number of hydrogen-bond acceptors (Lipinski definition) is 5. The van der Waals surface area contributed by atoms with Crippen LogP contribution in [0.15, 0.2) is 85.3 Å². The maximum absolute atomic E-state index is 12.8. The minimum Gasteiger partial charge on any atom is -0.267 e. The van der Waals surface area contributed by atoms with Gasteiger partial charge in [-0.05, 0) is 18.2 Å². The molecule has 0 atom stereocenters. The minimum absolute atomic E-state index is 0.0453. The van der Waals surface area contributed by atoms with Crippen molar-refractivity contribution in [3.63, 3.8) is 0 Å². The van der Waals surface area contributed by atoms with Gasteiger partial charge in [-0.3, -0.25) is 20.4 Å². The molecule has 0 unspecified atom stereocenters. The van der Waals surface area contributed by atoms with Crippen molar-refractivity contribution in [2.45, 2.75) is 0 Å². The second-order valence-corrected chi connectivity index (χ2v) is 6.02. The number of hydrogen-bond donors (Lipinski definition) is 2. The zero-order valence-electron chi connectivity index (χ0n) is 15.2. The molecule has 0 radical (unpaired) electrons. The Kier molecular flexibility index (Phi) is 5.06. The molecule has 0 fully saturated rings. The van der Waals surface area contributed by atoms with Crippen molar-refractivity contribution in [3.05, 3.63) is 96.7 Å². The van der Waals surface area contributed by atoms with Gasteiger partial charge in [0, 0.05) is 24.2 Å². The molecule has 2 amide bonds. The van der Waals surface area contributed by atoms with E-state index in [0.29, 0.717) is 11.3 Å². The molecule has 4 aromatic rings. The highest BCUT2D eigenvalue weighted by Gasteiger charge is 2.19. The minimum atomic E-state index is -0.615. The summed E-state index contributed by atoms with van der Waals surface area (Å²) in [5, 5.41) is 4.58. The number of nitrogens with zero attached hydrogens (tertiary/aromatic N) is 4. The molecule has 0 bridgehead atoms. The van der Waals surface area contributed by atoms with Gasteiger partial charge in [0.05, 0.1) is 11.3 Å². The molecular weight excluding hydrogens is 368 g/mol. The Morgan fingerprint density at radius 2 is 1.38 bits per heavy atom. The van der Waals surface area contributed by atoms with Crippen LogP contribution in [-0.2, 0) is 0 Å². The van der Waals surface area contributed by atoms with E-state index >= 15 is 0 Å². The summed E-state index contributed by atoms with van der Waals surface area (Å²) >= 11 is 0. The third kappa shape index (κ3) is 4.01. The van der Waals surface area contributed by atoms with Crippen LogP contribution >= 0.6 is 0 Å².